The zero-order valence-electron chi connectivity index (χ0n) is 29.9. The van der Waals surface area contributed by atoms with Crippen LogP contribution in [0.5, 0.6) is 0 Å². The minimum absolute atomic E-state index is 0.485. The Labute approximate surface area is 319 Å². The van der Waals surface area contributed by atoms with E-state index in [2.05, 4.69) is 188 Å². The summed E-state index contributed by atoms with van der Waals surface area (Å²) in [7, 11) is 0. The van der Waals surface area contributed by atoms with Crippen LogP contribution in [0.15, 0.2) is 194 Å². The number of para-hydroxylation sites is 1. The number of rotatable bonds is 3. The molecule has 9 aromatic carbocycles. The monoisotopic (exact) mass is 696 g/mol. The number of hydrogen-bond donors (Lipinski definition) is 0. The van der Waals surface area contributed by atoms with E-state index in [0.717, 1.165) is 39.1 Å². The molecule has 2 heteroatoms. The van der Waals surface area contributed by atoms with Crippen LogP contribution in [-0.2, 0) is 5.41 Å². The number of benzene rings is 9. The summed E-state index contributed by atoms with van der Waals surface area (Å²) in [5.41, 5.74) is 16.5. The normalized spacial score (nSPS) is 13.2. The van der Waals surface area contributed by atoms with Crippen LogP contribution in [0.4, 0.5) is 0 Å². The predicted molar refractivity (Wildman–Crippen MR) is 227 cm³/mol. The maximum atomic E-state index is 5.25. The van der Waals surface area contributed by atoms with Gasteiger partial charge in [0.15, 0.2) is 5.82 Å². The van der Waals surface area contributed by atoms with Crippen molar-refractivity contribution in [2.75, 3.05) is 0 Å². The average Bonchev–Trinajstić information content (AvgIpc) is 3.73. The molecule has 10 aromatic rings. The SMILES string of the molecule is c1ccc(-c2nc(-c3cccc(-c4cc5c(c6ccccc46)-c4ccc6ccccc6c4C54c5ccccc5-c5ccccc54)c3)nc3ccccc23)cc1. The Morgan fingerprint density at radius 3 is 1.76 bits per heavy atom. The van der Waals surface area contributed by atoms with Crippen molar-refractivity contribution in [3.8, 4) is 56.0 Å². The van der Waals surface area contributed by atoms with Gasteiger partial charge in [0, 0.05) is 16.5 Å². The van der Waals surface area contributed by atoms with Crippen LogP contribution in [0.1, 0.15) is 22.3 Å². The molecule has 0 saturated carbocycles. The van der Waals surface area contributed by atoms with E-state index >= 15 is 0 Å². The molecule has 1 heterocycles. The van der Waals surface area contributed by atoms with Gasteiger partial charge in [-0.25, -0.2) is 9.97 Å². The fraction of sp³-hybridized carbons (Fsp3) is 0.0189. The van der Waals surface area contributed by atoms with Crippen molar-refractivity contribution in [2.45, 2.75) is 5.41 Å². The lowest BCUT2D eigenvalue weighted by Crippen LogP contribution is -2.26. The smallest absolute Gasteiger partial charge is 0.160 e. The van der Waals surface area contributed by atoms with E-state index in [-0.39, 0.29) is 0 Å². The average molecular weight is 697 g/mol. The topological polar surface area (TPSA) is 25.8 Å². The molecule has 0 amide bonds. The molecule has 0 bridgehead atoms. The molecule has 0 aliphatic heterocycles. The first kappa shape index (κ1) is 30.3. The molecule has 2 nitrogen and oxygen atoms in total. The highest BCUT2D eigenvalue weighted by molar-refractivity contribution is 6.14. The first-order valence-corrected chi connectivity index (χ1v) is 19.0. The number of fused-ring (bicyclic) bond motifs is 15. The summed E-state index contributed by atoms with van der Waals surface area (Å²) in [5, 5.41) is 6.12. The molecule has 0 atom stereocenters. The molecule has 2 aliphatic rings. The lowest BCUT2D eigenvalue weighted by molar-refractivity contribution is 0.802. The first-order valence-electron chi connectivity index (χ1n) is 19.0. The second kappa shape index (κ2) is 11.4. The maximum absolute atomic E-state index is 5.25. The molecule has 55 heavy (non-hydrogen) atoms. The minimum atomic E-state index is -0.485. The zero-order valence-corrected chi connectivity index (χ0v) is 29.9. The summed E-state index contributed by atoms with van der Waals surface area (Å²) in [5.74, 6) is 0.721. The summed E-state index contributed by atoms with van der Waals surface area (Å²) in [6.07, 6.45) is 0. The van der Waals surface area contributed by atoms with Gasteiger partial charge in [-0.15, -0.1) is 0 Å². The second-order valence-electron chi connectivity index (χ2n) is 14.8. The standard InChI is InChI=1S/C53H32N2/c1-2-16-34(17-3-1)51-42-25-10-13-28-48(42)54-52(55-51)36-19-14-18-35(31-36)44-32-47-49(41-24-7-6-21-38(41)44)43-30-29-33-15-4-5-20-37(33)50(43)53(47)45-26-11-8-22-39(45)40-23-9-12-27-46(40)53/h1-32H. The molecule has 1 spiro atoms. The fourth-order valence-electron chi connectivity index (χ4n) is 9.86. The minimum Gasteiger partial charge on any atom is -0.228 e. The van der Waals surface area contributed by atoms with Crippen LogP contribution < -0.4 is 0 Å². The van der Waals surface area contributed by atoms with Crippen molar-refractivity contribution in [2.24, 2.45) is 0 Å². The van der Waals surface area contributed by atoms with E-state index in [1.807, 2.05) is 6.07 Å². The lowest BCUT2D eigenvalue weighted by Gasteiger charge is -2.32. The van der Waals surface area contributed by atoms with Crippen LogP contribution in [0, 0.1) is 0 Å². The quantitative estimate of drug-likeness (QED) is 0.184. The molecule has 0 saturated heterocycles. The van der Waals surface area contributed by atoms with Crippen molar-refractivity contribution >= 4 is 32.4 Å². The van der Waals surface area contributed by atoms with Gasteiger partial charge in [-0.05, 0) is 95.4 Å². The van der Waals surface area contributed by atoms with Gasteiger partial charge in [0.25, 0.3) is 0 Å². The zero-order chi connectivity index (χ0) is 36.1. The Bertz CT molecular complexity index is 3170. The summed E-state index contributed by atoms with van der Waals surface area (Å²) in [4.78, 5) is 10.4. The summed E-state index contributed by atoms with van der Waals surface area (Å²) < 4.78 is 0. The molecular formula is C53H32N2. The lowest BCUT2D eigenvalue weighted by atomic mass is 9.69. The molecule has 0 unspecified atom stereocenters. The van der Waals surface area contributed by atoms with Gasteiger partial charge in [0.2, 0.25) is 0 Å². The van der Waals surface area contributed by atoms with E-state index in [4.69, 9.17) is 9.97 Å². The van der Waals surface area contributed by atoms with E-state index in [1.165, 1.54) is 71.6 Å². The molecular weight excluding hydrogens is 665 g/mol. The van der Waals surface area contributed by atoms with Gasteiger partial charge in [-0.2, -0.15) is 0 Å². The molecule has 0 N–H and O–H groups in total. The van der Waals surface area contributed by atoms with Crippen molar-refractivity contribution in [1.82, 2.24) is 9.97 Å². The Kier molecular flexibility index (Phi) is 6.29. The summed E-state index contributed by atoms with van der Waals surface area (Å²) in [6.45, 7) is 0. The van der Waals surface area contributed by atoms with Crippen molar-refractivity contribution in [3.05, 3.63) is 216 Å². The highest BCUT2D eigenvalue weighted by Gasteiger charge is 2.53. The van der Waals surface area contributed by atoms with Crippen molar-refractivity contribution in [3.63, 3.8) is 0 Å². The Morgan fingerprint density at radius 1 is 0.345 bits per heavy atom. The van der Waals surface area contributed by atoms with E-state index < -0.39 is 5.41 Å². The molecule has 2 aliphatic carbocycles. The third kappa shape index (κ3) is 4.14. The summed E-state index contributed by atoms with van der Waals surface area (Å²) in [6, 6.07) is 70.9. The fourth-order valence-corrected chi connectivity index (χ4v) is 9.86. The predicted octanol–water partition coefficient (Wildman–Crippen LogP) is 13.3. The molecule has 254 valence electrons. The van der Waals surface area contributed by atoms with Gasteiger partial charge in [0.1, 0.15) is 0 Å². The van der Waals surface area contributed by atoms with Crippen molar-refractivity contribution < 1.29 is 0 Å². The summed E-state index contributed by atoms with van der Waals surface area (Å²) >= 11 is 0. The molecule has 12 rings (SSSR count). The van der Waals surface area contributed by atoms with Gasteiger partial charge in [-0.1, -0.05) is 176 Å². The van der Waals surface area contributed by atoms with Crippen LogP contribution >= 0.6 is 0 Å². The third-order valence-electron chi connectivity index (χ3n) is 12.1. The Balaban J connectivity index is 1.16. The first-order chi connectivity index (χ1) is 27.3. The van der Waals surface area contributed by atoms with Gasteiger partial charge < -0.3 is 0 Å². The van der Waals surface area contributed by atoms with Crippen molar-refractivity contribution in [1.29, 1.82) is 0 Å². The highest BCUT2D eigenvalue weighted by Crippen LogP contribution is 2.65. The van der Waals surface area contributed by atoms with E-state index in [9.17, 15) is 0 Å². The maximum Gasteiger partial charge on any atom is 0.160 e. The van der Waals surface area contributed by atoms with Crippen LogP contribution in [0.2, 0.25) is 0 Å². The number of hydrogen-bond acceptors (Lipinski definition) is 2. The van der Waals surface area contributed by atoms with E-state index in [0.29, 0.717) is 0 Å². The Morgan fingerprint density at radius 2 is 0.964 bits per heavy atom. The third-order valence-corrected chi connectivity index (χ3v) is 12.1. The van der Waals surface area contributed by atoms with Gasteiger partial charge in [-0.3, -0.25) is 0 Å². The second-order valence-corrected chi connectivity index (χ2v) is 14.8. The van der Waals surface area contributed by atoms with Gasteiger partial charge in [0.05, 0.1) is 16.6 Å². The Hall–Kier alpha value is -7.16. The van der Waals surface area contributed by atoms with Crippen LogP contribution in [-0.4, -0.2) is 9.97 Å². The molecule has 0 fully saturated rings. The molecule has 1 aromatic heterocycles. The number of nitrogens with zero attached hydrogens (tertiary/aromatic N) is 2. The number of aromatic nitrogens is 2. The van der Waals surface area contributed by atoms with Crippen LogP contribution in [0.3, 0.4) is 0 Å². The van der Waals surface area contributed by atoms with Crippen LogP contribution in [0.25, 0.3) is 88.5 Å². The van der Waals surface area contributed by atoms with E-state index in [1.54, 1.807) is 0 Å². The highest BCUT2D eigenvalue weighted by atomic mass is 14.9. The largest absolute Gasteiger partial charge is 0.228 e. The van der Waals surface area contributed by atoms with Gasteiger partial charge >= 0.3 is 0 Å². The molecule has 0 radical (unpaired) electrons.